The molecule has 0 fully saturated rings. The molecule has 0 aliphatic heterocycles. The van der Waals surface area contributed by atoms with Crippen LogP contribution in [-0.4, -0.2) is 0 Å². The second-order valence-electron chi connectivity index (χ2n) is 11.5. The molecule has 0 aromatic heterocycles. The van der Waals surface area contributed by atoms with Gasteiger partial charge in [0.25, 0.3) is 11.4 Å². The standard InChI is InChI=1S/C42H6N12/c1-48-28-11-27-24(10-21(28)16-45)36-39-33(31(17-46)51-4)22-8-19(14-43)20(15-44)9-23(22)35(39)40-34(32(18-47)52-5)25-12-29(49-2)30(50-3)13-26(25)37(40)41(36)38(27)42(53-6)54-7/h8-13H/b33-31-,34-32+. The number of hydrogen-bond acceptors (Lipinski definition) is 5. The van der Waals surface area contributed by atoms with E-state index < -0.39 is 17.2 Å². The van der Waals surface area contributed by atoms with E-state index in [1.165, 1.54) is 36.4 Å². The third-order valence-corrected chi connectivity index (χ3v) is 9.34. The largest absolute Gasteiger partial charge is 0.527 e. The molecule has 3 aliphatic rings. The van der Waals surface area contributed by atoms with Gasteiger partial charge in [0, 0.05) is 11.1 Å². The van der Waals surface area contributed by atoms with Crippen LogP contribution in [0.1, 0.15) is 50.1 Å². The molecule has 4 aromatic rings. The minimum absolute atomic E-state index is 0.0185. The highest BCUT2D eigenvalue weighted by Gasteiger charge is 2.46. The summed E-state index contributed by atoms with van der Waals surface area (Å²) in [6, 6.07) is 18.2. The summed E-state index contributed by atoms with van der Waals surface area (Å²) in [5.74, 6) is -0.448. The van der Waals surface area contributed by atoms with Crippen molar-refractivity contribution in [2.45, 2.75) is 0 Å². The van der Waals surface area contributed by atoms with Crippen molar-refractivity contribution in [2.24, 2.45) is 0 Å². The number of nitrogens with zero attached hydrogens (tertiary/aromatic N) is 12. The van der Waals surface area contributed by atoms with Gasteiger partial charge in [-0.15, -0.1) is 0 Å². The molecule has 54 heavy (non-hydrogen) atoms. The van der Waals surface area contributed by atoms with Crippen LogP contribution < -0.4 is 0 Å². The van der Waals surface area contributed by atoms with Gasteiger partial charge in [0.2, 0.25) is 5.69 Å². The fourth-order valence-electron chi connectivity index (χ4n) is 7.40. The van der Waals surface area contributed by atoms with E-state index in [1.54, 1.807) is 0 Å². The second kappa shape index (κ2) is 11.8. The Bertz CT molecular complexity index is 2860. The van der Waals surface area contributed by atoms with Gasteiger partial charge >= 0.3 is 5.82 Å². The first-order valence-electron chi connectivity index (χ1n) is 15.0. The number of fused-ring (bicyclic) bond motifs is 12. The van der Waals surface area contributed by atoms with Crippen LogP contribution in [0.3, 0.4) is 0 Å². The molecule has 0 saturated heterocycles. The lowest BCUT2D eigenvalue weighted by atomic mass is 9.83. The van der Waals surface area contributed by atoms with E-state index in [2.05, 4.69) is 33.9 Å². The number of rotatable bonds is 0. The third kappa shape index (κ3) is 3.93. The summed E-state index contributed by atoms with van der Waals surface area (Å²) in [5, 5.41) is 51.1. The molecule has 0 bridgehead atoms. The molecule has 12 heteroatoms. The van der Waals surface area contributed by atoms with E-state index in [0.717, 1.165) is 0 Å². The summed E-state index contributed by atoms with van der Waals surface area (Å²) in [4.78, 5) is 24.7. The lowest BCUT2D eigenvalue weighted by Gasteiger charge is -2.19. The zero-order chi connectivity index (χ0) is 38.6. The zero-order valence-corrected chi connectivity index (χ0v) is 26.8. The van der Waals surface area contributed by atoms with Crippen molar-refractivity contribution in [3.63, 3.8) is 0 Å². The van der Waals surface area contributed by atoms with Crippen LogP contribution >= 0.6 is 0 Å². The van der Waals surface area contributed by atoms with Gasteiger partial charge < -0.3 is 0 Å². The van der Waals surface area contributed by atoms with Crippen LogP contribution in [0.25, 0.3) is 84.0 Å². The van der Waals surface area contributed by atoms with Crippen molar-refractivity contribution in [3.8, 4) is 63.7 Å². The first kappa shape index (κ1) is 32.5. The highest BCUT2D eigenvalue weighted by molar-refractivity contribution is 6.25. The Hall–Kier alpha value is -10.0. The van der Waals surface area contributed by atoms with E-state index >= 15 is 0 Å². The normalized spacial score (nSPS) is 13.0. The first-order valence-corrected chi connectivity index (χ1v) is 15.0. The topological polar surface area (TPSA) is 149 Å². The van der Waals surface area contributed by atoms with Crippen LogP contribution in [-0.2, 0) is 0 Å². The van der Waals surface area contributed by atoms with E-state index in [1.807, 2.05) is 30.3 Å². The monoisotopic (exact) mass is 678 g/mol. The van der Waals surface area contributed by atoms with Crippen molar-refractivity contribution in [2.75, 3.05) is 0 Å². The smallest absolute Gasteiger partial charge is 0.250 e. The lowest BCUT2D eigenvalue weighted by Crippen LogP contribution is -1.99. The highest BCUT2D eigenvalue weighted by Crippen LogP contribution is 2.66. The van der Waals surface area contributed by atoms with Gasteiger partial charge in [-0.25, -0.2) is 25.1 Å². The molecule has 234 valence electrons. The van der Waals surface area contributed by atoms with Gasteiger partial charge in [-0.05, 0) is 91.0 Å². The molecule has 0 radical (unpaired) electrons. The molecule has 0 amide bonds. The summed E-state index contributed by atoms with van der Waals surface area (Å²) >= 11 is 0. The molecule has 0 spiro atoms. The first-order chi connectivity index (χ1) is 26.3. The number of benzene rings is 4. The van der Waals surface area contributed by atoms with Crippen LogP contribution in [0.5, 0.6) is 0 Å². The molecule has 3 aliphatic carbocycles. The summed E-state index contributed by atoms with van der Waals surface area (Å²) < 4.78 is 0. The average Bonchev–Trinajstić information content (AvgIpc) is 3.82. The van der Waals surface area contributed by atoms with E-state index in [0.29, 0.717) is 0 Å². The average molecular weight is 679 g/mol. The Morgan fingerprint density at radius 2 is 0.741 bits per heavy atom. The Morgan fingerprint density at radius 3 is 1.15 bits per heavy atom. The van der Waals surface area contributed by atoms with Gasteiger partial charge in [-0.2, -0.15) is 25.5 Å². The maximum Gasteiger partial charge on any atom is 0.527 e. The minimum atomic E-state index is -0.448. The van der Waals surface area contributed by atoms with Gasteiger partial charge in [-0.3, -0.25) is 9.69 Å². The van der Waals surface area contributed by atoms with Gasteiger partial charge in [-0.1, -0.05) is 12.1 Å². The predicted octanol–water partition coefficient (Wildman–Crippen LogP) is 9.86. The minimum Gasteiger partial charge on any atom is -0.250 e. The Morgan fingerprint density at radius 1 is 0.389 bits per heavy atom. The fourth-order valence-corrected chi connectivity index (χ4v) is 7.40. The Kier molecular flexibility index (Phi) is 7.13. The molecule has 4 aromatic carbocycles. The third-order valence-electron chi connectivity index (χ3n) is 9.34. The van der Waals surface area contributed by atoms with Crippen LogP contribution in [0.4, 0.5) is 17.1 Å². The molecule has 12 nitrogen and oxygen atoms in total. The van der Waals surface area contributed by atoms with E-state index in [-0.39, 0.29) is 117 Å². The van der Waals surface area contributed by atoms with Gasteiger partial charge in [0.05, 0.1) is 73.3 Å². The number of nitriles is 5. The van der Waals surface area contributed by atoms with Crippen molar-refractivity contribution >= 4 is 33.8 Å². The molecule has 0 N–H and O–H groups in total. The van der Waals surface area contributed by atoms with Crippen LogP contribution in [0.2, 0.25) is 0 Å². The summed E-state index contributed by atoms with van der Waals surface area (Å²) in [6.07, 6.45) is 0. The van der Waals surface area contributed by atoms with Crippen molar-refractivity contribution < 1.29 is 0 Å². The van der Waals surface area contributed by atoms with E-state index in [9.17, 15) is 26.3 Å². The molecule has 0 saturated carbocycles. The fraction of sp³-hybridized carbons (Fsp3) is 0. The highest BCUT2D eigenvalue weighted by atomic mass is 14.9. The molecular formula is C42H6N12. The van der Waals surface area contributed by atoms with Crippen molar-refractivity contribution in [3.05, 3.63) is 184 Å². The van der Waals surface area contributed by atoms with Gasteiger partial charge in [0.1, 0.15) is 25.3 Å². The predicted molar refractivity (Wildman–Crippen MR) is 191 cm³/mol. The molecule has 7 rings (SSSR count). The van der Waals surface area contributed by atoms with Crippen LogP contribution in [0.15, 0.2) is 53.6 Å². The Balaban J connectivity index is 1.94. The Labute approximate surface area is 306 Å². The maximum absolute atomic E-state index is 10.4. The quantitative estimate of drug-likeness (QED) is 0.116. The number of allylic oxidation sites excluding steroid dienone is 2. The van der Waals surface area contributed by atoms with Gasteiger partial charge in [0.15, 0.2) is 11.4 Å². The maximum atomic E-state index is 10.4. The molecule has 0 unspecified atom stereocenters. The zero-order valence-electron chi connectivity index (χ0n) is 26.8. The molecule has 0 heterocycles. The second-order valence-corrected chi connectivity index (χ2v) is 11.5. The van der Waals surface area contributed by atoms with E-state index in [4.69, 9.17) is 46.0 Å². The van der Waals surface area contributed by atoms with Crippen molar-refractivity contribution in [1.82, 2.24) is 0 Å². The number of hydrogen-bond donors (Lipinski definition) is 0. The summed E-state index contributed by atoms with van der Waals surface area (Å²) in [5.41, 5.74) is 1.35. The van der Waals surface area contributed by atoms with Crippen molar-refractivity contribution in [1.29, 1.82) is 26.3 Å². The summed E-state index contributed by atoms with van der Waals surface area (Å²) in [7, 11) is 0. The van der Waals surface area contributed by atoms with Crippen LogP contribution in [0, 0.1) is 103 Å². The molecular weight excluding hydrogens is 673 g/mol. The SMILES string of the molecule is [C-]#[N+]C([N+]#[C-])=C1c2cc([N+]#[C-])c(C#N)cc2-c2c1c1c(c3c2/C(=C(/C#N)[N+]#[C-])c2cc(C#N)c(C#N)cc2-3)/C(=C(\C#N)[N+]#[C-])c2cc([N+]#[C-])c([N+]#[C-])cc2-1. The summed E-state index contributed by atoms with van der Waals surface area (Å²) in [6.45, 7) is 55.7. The lowest BCUT2D eigenvalue weighted by molar-refractivity contribution is 1.42. The molecule has 0 atom stereocenters.